The number of aliphatic hydroxyl groups excluding tert-OH is 1. The number of aliphatic hydroxyl groups is 1. The largest absolute Gasteiger partial charge is 0.389 e. The molecule has 0 saturated heterocycles. The molecule has 10 heteroatoms. The topological polar surface area (TPSA) is 83.4 Å². The van der Waals surface area contributed by atoms with Crippen molar-refractivity contribution >= 4 is 56.8 Å². The van der Waals surface area contributed by atoms with Gasteiger partial charge < -0.3 is 5.11 Å². The van der Waals surface area contributed by atoms with E-state index < -0.39 is 18.0 Å². The van der Waals surface area contributed by atoms with Crippen LogP contribution >= 0.6 is 23.2 Å². The first-order chi connectivity index (χ1) is 25.0. The minimum Gasteiger partial charge on any atom is -0.389 e. The first kappa shape index (κ1) is 34.9. The van der Waals surface area contributed by atoms with Crippen LogP contribution in [0.5, 0.6) is 0 Å². The second kappa shape index (κ2) is 14.2. The van der Waals surface area contributed by atoms with Crippen molar-refractivity contribution in [1.29, 1.82) is 0 Å². The minimum absolute atomic E-state index is 0.343. The third kappa shape index (κ3) is 6.52. The van der Waals surface area contributed by atoms with Crippen LogP contribution in [0.4, 0.5) is 8.78 Å². The van der Waals surface area contributed by atoms with Gasteiger partial charge in [-0.15, -0.1) is 0 Å². The molecular weight excluding hydrogens is 703 g/mol. The molecule has 258 valence electrons. The van der Waals surface area contributed by atoms with Crippen molar-refractivity contribution in [2.24, 2.45) is 0 Å². The maximum Gasteiger partial charge on any atom is 0.262 e. The molecule has 0 fully saturated rings. The number of hydrogen-bond acceptors (Lipinski definition) is 5. The predicted molar refractivity (Wildman–Crippen MR) is 200 cm³/mol. The third-order valence-electron chi connectivity index (χ3n) is 8.99. The highest BCUT2D eigenvalue weighted by atomic mass is 35.5. The average molecular weight is 733 g/mol. The SMILES string of the molecule is CC(O)c1cc2ccc(F)cc2nc1-c1ccccc1Cl.CC(c1cc2ccc(F)cc2nc1-c1ccccc1Cl)N1C(=O)c2ccccc2C1=O. The van der Waals surface area contributed by atoms with Gasteiger partial charge in [-0.3, -0.25) is 14.5 Å². The lowest BCUT2D eigenvalue weighted by atomic mass is 9.97. The highest BCUT2D eigenvalue weighted by Crippen LogP contribution is 2.39. The van der Waals surface area contributed by atoms with Crippen LogP contribution in [0.1, 0.15) is 57.8 Å². The van der Waals surface area contributed by atoms with Gasteiger partial charge in [0.05, 0.1) is 45.7 Å². The van der Waals surface area contributed by atoms with Crippen LogP contribution in [-0.2, 0) is 0 Å². The molecule has 0 aliphatic carbocycles. The van der Waals surface area contributed by atoms with Crippen molar-refractivity contribution in [3.05, 3.63) is 165 Å². The molecule has 52 heavy (non-hydrogen) atoms. The summed E-state index contributed by atoms with van der Waals surface area (Å²) in [6, 6.07) is 33.0. The molecule has 2 aromatic heterocycles. The molecule has 3 heterocycles. The van der Waals surface area contributed by atoms with Gasteiger partial charge in [-0.2, -0.15) is 0 Å². The maximum absolute atomic E-state index is 13.8. The zero-order valence-electron chi connectivity index (χ0n) is 27.8. The van der Waals surface area contributed by atoms with E-state index in [1.165, 1.54) is 29.2 Å². The smallest absolute Gasteiger partial charge is 0.262 e. The van der Waals surface area contributed by atoms with E-state index in [9.17, 15) is 23.5 Å². The number of rotatable bonds is 5. The molecule has 0 bridgehead atoms. The Bertz CT molecular complexity index is 2510. The molecule has 6 nitrogen and oxygen atoms in total. The molecule has 0 saturated carbocycles. The molecule has 1 aliphatic heterocycles. The van der Waals surface area contributed by atoms with Gasteiger partial charge in [-0.1, -0.05) is 71.7 Å². The van der Waals surface area contributed by atoms with E-state index in [0.717, 1.165) is 10.9 Å². The van der Waals surface area contributed by atoms with E-state index in [1.807, 2.05) is 42.5 Å². The summed E-state index contributed by atoms with van der Waals surface area (Å²) in [4.78, 5) is 36.5. The fourth-order valence-corrected chi connectivity index (χ4v) is 6.84. The minimum atomic E-state index is -0.696. The van der Waals surface area contributed by atoms with Crippen LogP contribution in [0.25, 0.3) is 44.3 Å². The number of imide groups is 1. The molecule has 1 N–H and O–H groups in total. The molecule has 0 radical (unpaired) electrons. The first-order valence-electron chi connectivity index (χ1n) is 16.4. The van der Waals surface area contributed by atoms with Gasteiger partial charge in [0.1, 0.15) is 11.6 Å². The van der Waals surface area contributed by atoms with Crippen molar-refractivity contribution in [1.82, 2.24) is 14.9 Å². The Morgan fingerprint density at radius 2 is 0.981 bits per heavy atom. The summed E-state index contributed by atoms with van der Waals surface area (Å²) in [6.45, 7) is 3.46. The maximum atomic E-state index is 13.8. The lowest BCUT2D eigenvalue weighted by molar-refractivity contribution is 0.0595. The fraction of sp³-hybridized carbons (Fsp3) is 0.0952. The Hall–Kier alpha value is -5.54. The molecule has 2 amide bonds. The molecule has 5 aromatic carbocycles. The second-order valence-electron chi connectivity index (χ2n) is 12.4. The van der Waals surface area contributed by atoms with E-state index in [-0.39, 0.29) is 17.6 Å². The van der Waals surface area contributed by atoms with E-state index in [1.54, 1.807) is 68.4 Å². The van der Waals surface area contributed by atoms with E-state index in [2.05, 4.69) is 9.97 Å². The fourth-order valence-electron chi connectivity index (χ4n) is 6.39. The molecule has 2 unspecified atom stereocenters. The van der Waals surface area contributed by atoms with Crippen LogP contribution < -0.4 is 0 Å². The molecule has 2 atom stereocenters. The monoisotopic (exact) mass is 731 g/mol. The van der Waals surface area contributed by atoms with Gasteiger partial charge in [0.2, 0.25) is 0 Å². The van der Waals surface area contributed by atoms with Crippen LogP contribution in [0, 0.1) is 11.6 Å². The van der Waals surface area contributed by atoms with Crippen molar-refractivity contribution in [2.45, 2.75) is 26.0 Å². The van der Waals surface area contributed by atoms with Crippen molar-refractivity contribution in [2.75, 3.05) is 0 Å². The summed E-state index contributed by atoms with van der Waals surface area (Å²) in [5, 5.41) is 12.5. The lowest BCUT2D eigenvalue weighted by Crippen LogP contribution is -2.33. The number of benzene rings is 5. The van der Waals surface area contributed by atoms with Gasteiger partial charge >= 0.3 is 0 Å². The quantitative estimate of drug-likeness (QED) is 0.178. The Morgan fingerprint density at radius 1 is 0.577 bits per heavy atom. The van der Waals surface area contributed by atoms with Crippen LogP contribution in [0.3, 0.4) is 0 Å². The zero-order valence-corrected chi connectivity index (χ0v) is 29.3. The molecule has 8 rings (SSSR count). The number of fused-ring (bicyclic) bond motifs is 3. The van der Waals surface area contributed by atoms with Crippen LogP contribution in [0.2, 0.25) is 10.0 Å². The highest BCUT2D eigenvalue weighted by Gasteiger charge is 2.39. The number of halogens is 4. The number of aromatic nitrogens is 2. The normalized spacial score (nSPS) is 13.6. The number of nitrogens with zero attached hydrogens (tertiary/aromatic N) is 3. The molecule has 1 aliphatic rings. The van der Waals surface area contributed by atoms with Crippen molar-refractivity contribution in [3.63, 3.8) is 0 Å². The second-order valence-corrected chi connectivity index (χ2v) is 13.2. The summed E-state index contributed by atoms with van der Waals surface area (Å²) < 4.78 is 27.2. The van der Waals surface area contributed by atoms with Crippen molar-refractivity contribution < 1.29 is 23.5 Å². The Morgan fingerprint density at radius 3 is 1.42 bits per heavy atom. The highest BCUT2D eigenvalue weighted by molar-refractivity contribution is 6.33. The molecule has 0 spiro atoms. The molecule has 7 aromatic rings. The number of hydrogen-bond donors (Lipinski definition) is 1. The van der Waals surface area contributed by atoms with E-state index >= 15 is 0 Å². The Kier molecular flexibility index (Phi) is 9.55. The zero-order chi connectivity index (χ0) is 36.7. The summed E-state index contributed by atoms with van der Waals surface area (Å²) in [6.07, 6.45) is -0.696. The van der Waals surface area contributed by atoms with Gasteiger partial charge in [0.15, 0.2) is 0 Å². The summed E-state index contributed by atoms with van der Waals surface area (Å²) in [5.41, 5.74) is 5.55. The van der Waals surface area contributed by atoms with Gasteiger partial charge in [0, 0.05) is 55.2 Å². The predicted octanol–water partition coefficient (Wildman–Crippen LogP) is 10.8. The van der Waals surface area contributed by atoms with E-state index in [0.29, 0.717) is 65.7 Å². The number of pyridine rings is 2. The Labute approximate surface area is 307 Å². The van der Waals surface area contributed by atoms with Crippen LogP contribution in [0.15, 0.2) is 121 Å². The van der Waals surface area contributed by atoms with Crippen LogP contribution in [-0.4, -0.2) is 31.8 Å². The number of amides is 2. The average Bonchev–Trinajstić information content (AvgIpc) is 3.39. The third-order valence-corrected chi connectivity index (χ3v) is 9.65. The Balaban J connectivity index is 0.000000175. The summed E-state index contributed by atoms with van der Waals surface area (Å²) >= 11 is 12.7. The first-order valence-corrected chi connectivity index (χ1v) is 17.1. The van der Waals surface area contributed by atoms with Gasteiger partial charge in [-0.05, 0) is 74.5 Å². The lowest BCUT2D eigenvalue weighted by Gasteiger charge is -2.25. The molecular formula is C42H29Cl2F2N3O3. The number of carbonyl (C=O) groups is 2. The van der Waals surface area contributed by atoms with Crippen molar-refractivity contribution in [3.8, 4) is 22.5 Å². The number of carbonyl (C=O) groups excluding carboxylic acids is 2. The standard InChI is InChI=1S/C25H16ClFN2O2.C17H13ClFNO/c1-14(29-24(30)17-6-2-3-7-18(17)25(29)31)20-12-15-10-11-16(27)13-22(15)28-23(20)19-8-4-5-9-21(19)26;1-10(21)14-8-11-6-7-12(19)9-16(11)20-17(14)13-4-2-3-5-15(13)18/h2-14H,1H3;2-10,21H,1H3. The summed E-state index contributed by atoms with van der Waals surface area (Å²) in [7, 11) is 0. The van der Waals surface area contributed by atoms with Gasteiger partial charge in [-0.25, -0.2) is 18.7 Å². The van der Waals surface area contributed by atoms with E-state index in [4.69, 9.17) is 23.2 Å². The summed E-state index contributed by atoms with van der Waals surface area (Å²) in [5.74, 6) is -1.44. The van der Waals surface area contributed by atoms with Gasteiger partial charge in [0.25, 0.3) is 11.8 Å².